The van der Waals surface area contributed by atoms with Crippen molar-refractivity contribution in [3.05, 3.63) is 167 Å². The summed E-state index contributed by atoms with van der Waals surface area (Å²) in [7, 11) is 1.50. The first-order chi connectivity index (χ1) is 26.4. The Balaban J connectivity index is 0.941. The number of nitrogens with zero attached hydrogens (tertiary/aromatic N) is 2. The average molecular weight is 723 g/mol. The van der Waals surface area contributed by atoms with Crippen molar-refractivity contribution in [2.24, 2.45) is 5.92 Å². The van der Waals surface area contributed by atoms with Crippen LogP contribution < -0.4 is 0 Å². The van der Waals surface area contributed by atoms with Gasteiger partial charge in [0, 0.05) is 26.1 Å². The number of amides is 2. The number of carbonyl (C=O) groups excluding carboxylic acids is 2. The standard InChI is InChI=1S/C46H46N2O6/c1-47(45(52)53-32-41-39-23-13-11-21-37(39)38-22-12-14-24-40(38)41)42(44(50)51)31-33-25-28-48(29-26-33)43(49)27-30-54-46(34-15-5-2-6-16-34,35-17-7-3-8-18-35)36-19-9-4-10-20-36/h2-24,33,41-42H,25-32H2,1H3,(H,50,51). The Morgan fingerprint density at radius 3 is 1.67 bits per heavy atom. The van der Waals surface area contributed by atoms with Crippen molar-refractivity contribution in [3.63, 3.8) is 0 Å². The van der Waals surface area contributed by atoms with Crippen LogP contribution in [0, 0.1) is 5.92 Å². The molecule has 0 radical (unpaired) electrons. The molecule has 1 fully saturated rings. The summed E-state index contributed by atoms with van der Waals surface area (Å²) < 4.78 is 12.6. The molecule has 276 valence electrons. The largest absolute Gasteiger partial charge is 0.480 e. The third kappa shape index (κ3) is 7.52. The van der Waals surface area contributed by atoms with Crippen LogP contribution in [-0.4, -0.2) is 72.3 Å². The number of carboxylic acid groups (broad SMARTS) is 1. The molecule has 8 heteroatoms. The number of rotatable bonds is 13. The van der Waals surface area contributed by atoms with Crippen molar-refractivity contribution in [1.29, 1.82) is 0 Å². The van der Waals surface area contributed by atoms with Crippen LogP contribution in [0.4, 0.5) is 4.79 Å². The molecule has 1 aliphatic carbocycles. The van der Waals surface area contributed by atoms with Crippen molar-refractivity contribution in [2.45, 2.75) is 43.2 Å². The smallest absolute Gasteiger partial charge is 0.410 e. The van der Waals surface area contributed by atoms with E-state index in [9.17, 15) is 19.5 Å². The maximum absolute atomic E-state index is 13.5. The molecule has 0 saturated carbocycles. The fraction of sp³-hybridized carbons (Fsp3) is 0.283. The molecule has 1 heterocycles. The molecular weight excluding hydrogens is 677 g/mol. The molecule has 8 nitrogen and oxygen atoms in total. The van der Waals surface area contributed by atoms with Gasteiger partial charge in [-0.05, 0) is 64.1 Å². The molecule has 5 aromatic rings. The third-order valence-corrected chi connectivity index (χ3v) is 11.1. The minimum atomic E-state index is -1.07. The van der Waals surface area contributed by atoms with Gasteiger partial charge in [-0.25, -0.2) is 9.59 Å². The molecule has 1 unspecified atom stereocenters. The fourth-order valence-electron chi connectivity index (χ4n) is 8.20. The fourth-order valence-corrected chi connectivity index (χ4v) is 8.20. The molecule has 5 aromatic carbocycles. The molecule has 1 atom stereocenters. The number of ether oxygens (including phenoxy) is 2. The summed E-state index contributed by atoms with van der Waals surface area (Å²) in [4.78, 5) is 42.3. The van der Waals surface area contributed by atoms with Gasteiger partial charge in [-0.15, -0.1) is 0 Å². The lowest BCUT2D eigenvalue weighted by atomic mass is 9.80. The lowest BCUT2D eigenvalue weighted by molar-refractivity contribution is -0.143. The van der Waals surface area contributed by atoms with Gasteiger partial charge in [-0.2, -0.15) is 0 Å². The van der Waals surface area contributed by atoms with E-state index in [2.05, 4.69) is 60.7 Å². The first-order valence-electron chi connectivity index (χ1n) is 18.8. The third-order valence-electron chi connectivity index (χ3n) is 11.1. The molecule has 0 bridgehead atoms. The second-order valence-electron chi connectivity index (χ2n) is 14.2. The van der Waals surface area contributed by atoms with Crippen molar-refractivity contribution in [1.82, 2.24) is 9.80 Å². The molecule has 1 N–H and O–H groups in total. The van der Waals surface area contributed by atoms with E-state index in [0.29, 0.717) is 25.9 Å². The number of carbonyl (C=O) groups is 3. The summed E-state index contributed by atoms with van der Waals surface area (Å²) >= 11 is 0. The Morgan fingerprint density at radius 1 is 0.722 bits per heavy atom. The molecule has 2 amide bonds. The van der Waals surface area contributed by atoms with Gasteiger partial charge in [0.2, 0.25) is 5.91 Å². The van der Waals surface area contributed by atoms with Gasteiger partial charge in [0.25, 0.3) is 0 Å². The van der Waals surface area contributed by atoms with Crippen LogP contribution in [0.25, 0.3) is 11.1 Å². The van der Waals surface area contributed by atoms with E-state index < -0.39 is 23.7 Å². The Hall–Kier alpha value is -5.73. The summed E-state index contributed by atoms with van der Waals surface area (Å²) in [6.45, 7) is 1.37. The van der Waals surface area contributed by atoms with Crippen molar-refractivity contribution in [2.75, 3.05) is 33.4 Å². The number of likely N-dealkylation sites (N-methyl/N-ethyl adjacent to an activating group) is 1. The Bertz CT molecular complexity index is 1900. The maximum Gasteiger partial charge on any atom is 0.410 e. The Morgan fingerprint density at radius 2 is 1.19 bits per heavy atom. The predicted molar refractivity (Wildman–Crippen MR) is 208 cm³/mol. The number of carboxylic acids is 1. The maximum atomic E-state index is 13.5. The molecule has 0 aromatic heterocycles. The zero-order chi connectivity index (χ0) is 37.5. The highest BCUT2D eigenvalue weighted by molar-refractivity contribution is 5.81. The lowest BCUT2D eigenvalue weighted by Gasteiger charge is -2.37. The van der Waals surface area contributed by atoms with Crippen LogP contribution in [0.5, 0.6) is 0 Å². The van der Waals surface area contributed by atoms with Gasteiger partial charge in [0.05, 0.1) is 13.0 Å². The number of fused-ring (bicyclic) bond motifs is 3. The summed E-state index contributed by atoms with van der Waals surface area (Å²) in [5.74, 6) is -1.14. The van der Waals surface area contributed by atoms with Crippen LogP contribution >= 0.6 is 0 Å². The summed E-state index contributed by atoms with van der Waals surface area (Å²) in [5, 5.41) is 10.2. The first-order valence-corrected chi connectivity index (χ1v) is 18.8. The highest BCUT2D eigenvalue weighted by Crippen LogP contribution is 2.45. The van der Waals surface area contributed by atoms with Gasteiger partial charge in [-0.1, -0.05) is 140 Å². The van der Waals surface area contributed by atoms with Crippen LogP contribution in [0.2, 0.25) is 0 Å². The van der Waals surface area contributed by atoms with Crippen LogP contribution in [0.15, 0.2) is 140 Å². The number of hydrogen-bond acceptors (Lipinski definition) is 5. The summed E-state index contributed by atoms with van der Waals surface area (Å²) in [5.41, 5.74) is 6.48. The molecular formula is C46H46N2O6. The molecule has 7 rings (SSSR count). The van der Waals surface area contributed by atoms with Gasteiger partial charge in [0.1, 0.15) is 18.2 Å². The monoisotopic (exact) mass is 722 g/mol. The first kappa shape index (κ1) is 36.6. The van der Waals surface area contributed by atoms with E-state index in [4.69, 9.17) is 9.47 Å². The number of benzene rings is 5. The molecule has 54 heavy (non-hydrogen) atoms. The van der Waals surface area contributed by atoms with E-state index in [1.165, 1.54) is 11.9 Å². The van der Waals surface area contributed by atoms with Crippen molar-refractivity contribution in [3.8, 4) is 11.1 Å². The summed E-state index contributed by atoms with van der Waals surface area (Å²) in [6, 6.07) is 45.5. The Kier molecular flexibility index (Phi) is 11.2. The van der Waals surface area contributed by atoms with Gasteiger partial charge >= 0.3 is 12.1 Å². The zero-order valence-corrected chi connectivity index (χ0v) is 30.6. The van der Waals surface area contributed by atoms with Crippen molar-refractivity contribution >= 4 is 18.0 Å². The van der Waals surface area contributed by atoms with Gasteiger partial charge < -0.3 is 19.5 Å². The second kappa shape index (κ2) is 16.5. The number of piperidine rings is 1. The number of likely N-dealkylation sites (tertiary alicyclic amines) is 1. The Labute approximate surface area is 317 Å². The van der Waals surface area contributed by atoms with Crippen molar-refractivity contribution < 1.29 is 29.0 Å². The minimum absolute atomic E-state index is 0.00192. The predicted octanol–water partition coefficient (Wildman–Crippen LogP) is 8.35. The normalized spacial score (nSPS) is 14.9. The van der Waals surface area contributed by atoms with E-state index in [0.717, 1.165) is 38.9 Å². The van der Waals surface area contributed by atoms with E-state index in [1.54, 1.807) is 0 Å². The van der Waals surface area contributed by atoms with Gasteiger partial charge in [0.15, 0.2) is 0 Å². The summed E-state index contributed by atoms with van der Waals surface area (Å²) in [6.07, 6.45) is 1.14. The number of aliphatic carboxylic acids is 1. The topological polar surface area (TPSA) is 96.4 Å². The molecule has 1 saturated heterocycles. The van der Waals surface area contributed by atoms with Crippen LogP contribution in [-0.2, 0) is 24.7 Å². The average Bonchev–Trinajstić information content (AvgIpc) is 3.54. The van der Waals surface area contributed by atoms with Crippen LogP contribution in [0.1, 0.15) is 59.4 Å². The number of hydrogen-bond donors (Lipinski definition) is 1. The zero-order valence-electron chi connectivity index (χ0n) is 30.6. The van der Waals surface area contributed by atoms with E-state index in [-0.39, 0.29) is 43.8 Å². The highest BCUT2D eigenvalue weighted by Gasteiger charge is 2.38. The quantitative estimate of drug-likeness (QED) is 0.123. The second-order valence-corrected chi connectivity index (χ2v) is 14.2. The van der Waals surface area contributed by atoms with E-state index in [1.807, 2.05) is 83.8 Å². The molecule has 2 aliphatic rings. The minimum Gasteiger partial charge on any atom is -0.480 e. The van der Waals surface area contributed by atoms with Gasteiger partial charge in [-0.3, -0.25) is 9.69 Å². The molecule has 0 spiro atoms. The lowest BCUT2D eigenvalue weighted by Crippen LogP contribution is -2.46. The van der Waals surface area contributed by atoms with E-state index >= 15 is 0 Å². The highest BCUT2D eigenvalue weighted by atomic mass is 16.6. The molecule has 1 aliphatic heterocycles. The van der Waals surface area contributed by atoms with Crippen LogP contribution in [0.3, 0.4) is 0 Å². The SMILES string of the molecule is CN(C(=O)OCC1c2ccccc2-c2ccccc21)C(CC1CCN(C(=O)CCOC(c2ccccc2)(c2ccccc2)c2ccccc2)CC1)C(=O)O.